The molecule has 0 nitrogen and oxygen atoms in total. The van der Waals surface area contributed by atoms with Gasteiger partial charge in [0, 0.05) is 19.3 Å². The first-order valence-electron chi connectivity index (χ1n) is 8.71. The van der Waals surface area contributed by atoms with Crippen molar-refractivity contribution in [1.82, 2.24) is 0 Å². The zero-order chi connectivity index (χ0) is 16.9. The Hall–Kier alpha value is -0.350. The van der Waals surface area contributed by atoms with Crippen LogP contribution in [0.15, 0.2) is 0 Å². The normalized spacial score (nSPS) is 12.8. The van der Waals surface area contributed by atoms with E-state index in [2.05, 4.69) is 6.92 Å². The number of hydrogen-bond acceptors (Lipinski definition) is 0. The molecule has 0 N–H and O–H groups in total. The van der Waals surface area contributed by atoms with Crippen LogP contribution in [-0.2, 0) is 0 Å². The van der Waals surface area contributed by atoms with Crippen LogP contribution in [0.3, 0.4) is 0 Å². The maximum Gasteiger partial charge on any atom is 0.389 e. The van der Waals surface area contributed by atoms with E-state index in [1.807, 2.05) is 0 Å². The molecule has 0 aromatic rings. The summed E-state index contributed by atoms with van der Waals surface area (Å²) in [5.41, 5.74) is 0. The molecule has 0 saturated heterocycles. The second-order valence-corrected chi connectivity index (χ2v) is 6.26. The topological polar surface area (TPSA) is 0 Å². The summed E-state index contributed by atoms with van der Waals surface area (Å²) in [5, 5.41) is 0. The second-order valence-electron chi connectivity index (χ2n) is 6.26. The van der Waals surface area contributed by atoms with Gasteiger partial charge in [0.2, 0.25) is 5.92 Å². The molecule has 0 saturated carbocycles. The van der Waals surface area contributed by atoms with Crippen LogP contribution >= 0.6 is 0 Å². The Balaban J connectivity index is 3.45. The summed E-state index contributed by atoms with van der Waals surface area (Å²) in [6, 6.07) is 0. The van der Waals surface area contributed by atoms with Crippen molar-refractivity contribution >= 4 is 0 Å². The van der Waals surface area contributed by atoms with E-state index >= 15 is 0 Å². The molecule has 134 valence electrons. The van der Waals surface area contributed by atoms with Crippen LogP contribution in [0.25, 0.3) is 0 Å². The van der Waals surface area contributed by atoms with Gasteiger partial charge in [-0.1, -0.05) is 58.3 Å². The first-order chi connectivity index (χ1) is 10.3. The lowest BCUT2D eigenvalue weighted by Gasteiger charge is -2.16. The molecule has 0 rings (SSSR count). The van der Waals surface area contributed by atoms with Crippen molar-refractivity contribution in [3.05, 3.63) is 0 Å². The molecule has 0 heterocycles. The molecule has 0 spiro atoms. The lowest BCUT2D eigenvalue weighted by atomic mass is 10.0. The maximum absolute atomic E-state index is 13.5. The lowest BCUT2D eigenvalue weighted by Crippen LogP contribution is -2.15. The molecule has 22 heavy (non-hydrogen) atoms. The van der Waals surface area contributed by atoms with Gasteiger partial charge in [-0.15, -0.1) is 0 Å². The highest BCUT2D eigenvalue weighted by Gasteiger charge is 2.28. The highest BCUT2D eigenvalue weighted by Crippen LogP contribution is 2.29. The van der Waals surface area contributed by atoms with Crippen molar-refractivity contribution in [2.75, 3.05) is 0 Å². The van der Waals surface area contributed by atoms with E-state index in [1.54, 1.807) is 0 Å². The van der Waals surface area contributed by atoms with Gasteiger partial charge in [-0.05, 0) is 19.3 Å². The Morgan fingerprint density at radius 1 is 0.500 bits per heavy atom. The van der Waals surface area contributed by atoms with Gasteiger partial charge < -0.3 is 0 Å². The molecule has 0 aliphatic heterocycles. The Morgan fingerprint density at radius 2 is 0.864 bits per heavy atom. The monoisotopic (exact) mass is 330 g/mol. The molecule has 0 unspecified atom stereocenters. The summed E-state index contributed by atoms with van der Waals surface area (Å²) in [7, 11) is 0. The van der Waals surface area contributed by atoms with Crippen molar-refractivity contribution in [2.45, 2.75) is 109 Å². The highest BCUT2D eigenvalue weighted by molar-refractivity contribution is 4.67. The Bertz CT molecular complexity index is 248. The number of unbranched alkanes of at least 4 members (excludes halogenated alkanes) is 9. The van der Waals surface area contributed by atoms with Crippen molar-refractivity contribution in [2.24, 2.45) is 0 Å². The van der Waals surface area contributed by atoms with Crippen LogP contribution in [0.4, 0.5) is 22.0 Å². The molecule has 0 radical (unpaired) electrons. The zero-order valence-corrected chi connectivity index (χ0v) is 13.8. The van der Waals surface area contributed by atoms with Crippen molar-refractivity contribution < 1.29 is 22.0 Å². The molecule has 0 aromatic carbocycles. The van der Waals surface area contributed by atoms with Crippen molar-refractivity contribution in [3.8, 4) is 0 Å². The smallest absolute Gasteiger partial charge is 0.207 e. The minimum atomic E-state index is -4.17. The predicted molar refractivity (Wildman–Crippen MR) is 81.3 cm³/mol. The van der Waals surface area contributed by atoms with E-state index in [-0.39, 0.29) is 32.1 Å². The van der Waals surface area contributed by atoms with Crippen LogP contribution < -0.4 is 0 Å². The number of alkyl halides is 5. The zero-order valence-electron chi connectivity index (χ0n) is 13.8. The minimum absolute atomic E-state index is 0.0443. The molecule has 0 fully saturated rings. The van der Waals surface area contributed by atoms with Gasteiger partial charge in [0.1, 0.15) is 0 Å². The van der Waals surface area contributed by atoms with Gasteiger partial charge in [-0.2, -0.15) is 13.2 Å². The van der Waals surface area contributed by atoms with Crippen molar-refractivity contribution in [3.63, 3.8) is 0 Å². The quantitative estimate of drug-likeness (QED) is 0.226. The number of rotatable bonds is 14. The van der Waals surface area contributed by atoms with Gasteiger partial charge >= 0.3 is 6.18 Å². The molecule has 0 amide bonds. The summed E-state index contributed by atoms with van der Waals surface area (Å²) >= 11 is 0. The third-order valence-corrected chi connectivity index (χ3v) is 3.90. The first kappa shape index (κ1) is 21.6. The molecule has 0 bridgehead atoms. The van der Waals surface area contributed by atoms with E-state index in [1.165, 1.54) is 25.7 Å². The summed E-state index contributed by atoms with van der Waals surface area (Å²) in [6.07, 6.45) is 3.26. The summed E-state index contributed by atoms with van der Waals surface area (Å²) in [5.74, 6) is -2.71. The van der Waals surface area contributed by atoms with Crippen LogP contribution in [0.2, 0.25) is 0 Å². The van der Waals surface area contributed by atoms with Crippen molar-refractivity contribution in [1.29, 1.82) is 0 Å². The Kier molecular flexibility index (Phi) is 11.9. The number of hydrogen-bond donors (Lipinski definition) is 0. The van der Waals surface area contributed by atoms with Gasteiger partial charge in [-0.3, -0.25) is 0 Å². The molecular formula is C17H31F5. The molecule has 0 aliphatic rings. The summed E-state index contributed by atoms with van der Waals surface area (Å²) in [4.78, 5) is 0. The second kappa shape index (κ2) is 12.1. The molecule has 0 atom stereocenters. The average molecular weight is 330 g/mol. The first-order valence-corrected chi connectivity index (χ1v) is 8.71. The largest absolute Gasteiger partial charge is 0.389 e. The fourth-order valence-corrected chi connectivity index (χ4v) is 2.53. The van der Waals surface area contributed by atoms with E-state index in [9.17, 15) is 22.0 Å². The number of halogens is 5. The van der Waals surface area contributed by atoms with E-state index in [4.69, 9.17) is 0 Å². The molecule has 5 heteroatoms. The third-order valence-electron chi connectivity index (χ3n) is 3.90. The highest BCUT2D eigenvalue weighted by atomic mass is 19.4. The van der Waals surface area contributed by atoms with Crippen LogP contribution in [0.1, 0.15) is 96.8 Å². The summed E-state index contributed by atoms with van der Waals surface area (Å²) in [6.45, 7) is 2.16. The van der Waals surface area contributed by atoms with Crippen LogP contribution in [0, 0.1) is 0 Å². The SMILES string of the molecule is CCCCCCCCCCC(F)(F)CCCCCC(F)(F)F. The average Bonchev–Trinajstić information content (AvgIpc) is 2.40. The van der Waals surface area contributed by atoms with E-state index in [0.717, 1.165) is 19.3 Å². The fraction of sp³-hybridized carbons (Fsp3) is 1.00. The van der Waals surface area contributed by atoms with Crippen LogP contribution in [-0.4, -0.2) is 12.1 Å². The van der Waals surface area contributed by atoms with Gasteiger partial charge in [0.05, 0.1) is 0 Å². The Labute approximate surface area is 131 Å². The van der Waals surface area contributed by atoms with Gasteiger partial charge in [0.15, 0.2) is 0 Å². The molecule has 0 aromatic heterocycles. The lowest BCUT2D eigenvalue weighted by molar-refractivity contribution is -0.135. The predicted octanol–water partition coefficient (Wildman–Crippen LogP) is 7.67. The minimum Gasteiger partial charge on any atom is -0.207 e. The fourth-order valence-electron chi connectivity index (χ4n) is 2.53. The standard InChI is InChI=1S/C17H31F5/c1-2-3-4-5-6-7-8-10-13-16(18,19)14-11-9-12-15-17(20,21)22/h2-15H2,1H3. The summed E-state index contributed by atoms with van der Waals surface area (Å²) < 4.78 is 62.8. The Morgan fingerprint density at radius 3 is 1.32 bits per heavy atom. The van der Waals surface area contributed by atoms with Crippen LogP contribution in [0.5, 0.6) is 0 Å². The maximum atomic E-state index is 13.5. The van der Waals surface area contributed by atoms with Gasteiger partial charge in [-0.25, -0.2) is 8.78 Å². The van der Waals surface area contributed by atoms with E-state index < -0.39 is 18.5 Å². The third kappa shape index (κ3) is 16.0. The molecular weight excluding hydrogens is 299 g/mol. The van der Waals surface area contributed by atoms with E-state index in [0.29, 0.717) is 6.42 Å². The van der Waals surface area contributed by atoms with Gasteiger partial charge in [0.25, 0.3) is 0 Å². The molecule has 0 aliphatic carbocycles.